The van der Waals surface area contributed by atoms with E-state index in [2.05, 4.69) is 6.08 Å². The Morgan fingerprint density at radius 2 is 1.93 bits per heavy atom. The first-order chi connectivity index (χ1) is 7.29. The summed E-state index contributed by atoms with van der Waals surface area (Å²) < 4.78 is 0. The van der Waals surface area contributed by atoms with Gasteiger partial charge in [-0.15, -0.1) is 0 Å². The number of para-hydroxylation sites is 1. The van der Waals surface area contributed by atoms with Gasteiger partial charge in [-0.3, -0.25) is 0 Å². The molecule has 1 aliphatic carbocycles. The number of aliphatic hydroxyl groups excluding tert-OH is 1. The predicted octanol–water partition coefficient (Wildman–Crippen LogP) is 2.28. The van der Waals surface area contributed by atoms with Gasteiger partial charge >= 0.3 is 0 Å². The van der Waals surface area contributed by atoms with E-state index in [4.69, 9.17) is 0 Å². The Morgan fingerprint density at radius 1 is 1.13 bits per heavy atom. The molecule has 2 nitrogen and oxygen atoms in total. The summed E-state index contributed by atoms with van der Waals surface area (Å²) in [4.78, 5) is 0. The standard InChI is InChI=1S/C13H10O2/c14-12-9-5-4-8-11(12)13(15)10-6-2-1-3-7-10/h1-6,8-9,13,15H/p+1. The zero-order valence-corrected chi connectivity index (χ0v) is 8.09. The lowest BCUT2D eigenvalue weighted by Gasteiger charge is -2.09. The summed E-state index contributed by atoms with van der Waals surface area (Å²) in [6, 6.07) is 6.75. The van der Waals surface area contributed by atoms with Gasteiger partial charge in [0.25, 0.3) is 0 Å². The van der Waals surface area contributed by atoms with Crippen LogP contribution in [0.3, 0.4) is 0 Å². The van der Waals surface area contributed by atoms with Crippen LogP contribution in [0.2, 0.25) is 0 Å². The third kappa shape index (κ3) is 1.96. The van der Waals surface area contributed by atoms with Crippen LogP contribution in [0.1, 0.15) is 11.7 Å². The van der Waals surface area contributed by atoms with Crippen LogP contribution in [0.15, 0.2) is 54.1 Å². The number of allylic oxidation sites excluding steroid dienone is 4. The van der Waals surface area contributed by atoms with E-state index in [1.165, 1.54) is 0 Å². The molecular weight excluding hydrogens is 188 g/mol. The van der Waals surface area contributed by atoms with E-state index < -0.39 is 6.10 Å². The second-order valence-electron chi connectivity index (χ2n) is 3.28. The lowest BCUT2D eigenvalue weighted by Crippen LogP contribution is -2.01. The molecule has 1 unspecified atom stereocenters. The molecule has 0 amide bonds. The van der Waals surface area contributed by atoms with Crippen molar-refractivity contribution in [3.63, 3.8) is 0 Å². The van der Waals surface area contributed by atoms with Crippen LogP contribution < -0.4 is 0 Å². The first-order valence-corrected chi connectivity index (χ1v) is 4.71. The maximum atomic E-state index is 9.98. The smallest absolute Gasteiger partial charge is 0.149 e. The van der Waals surface area contributed by atoms with E-state index in [9.17, 15) is 10.2 Å². The topological polar surface area (TPSA) is 40.5 Å². The van der Waals surface area contributed by atoms with Crippen LogP contribution in [-0.4, -0.2) is 10.2 Å². The summed E-state index contributed by atoms with van der Waals surface area (Å²) in [6.07, 6.45) is 9.28. The van der Waals surface area contributed by atoms with Crippen LogP contribution in [-0.2, 0) is 0 Å². The largest absolute Gasteiger partial charge is 0.508 e. The summed E-state index contributed by atoms with van der Waals surface area (Å²) in [5.74, 6) is 0.0993. The number of benzene rings is 1. The molecule has 0 bridgehead atoms. The summed E-state index contributed by atoms with van der Waals surface area (Å²) in [5, 5.41) is 19.5. The fourth-order valence-electron chi connectivity index (χ4n) is 1.46. The minimum Gasteiger partial charge on any atom is -0.508 e. The molecule has 74 valence electrons. The van der Waals surface area contributed by atoms with Crippen molar-refractivity contribution in [2.24, 2.45) is 0 Å². The van der Waals surface area contributed by atoms with Crippen molar-refractivity contribution in [3.05, 3.63) is 65.8 Å². The fourth-order valence-corrected chi connectivity index (χ4v) is 1.46. The summed E-state index contributed by atoms with van der Waals surface area (Å²) >= 11 is 0. The molecular formula is C13H11O2+. The van der Waals surface area contributed by atoms with Gasteiger partial charge in [0.15, 0.2) is 0 Å². The fraction of sp³-hybridized carbons (Fsp3) is 0.0769. The van der Waals surface area contributed by atoms with Crippen LogP contribution in [0, 0.1) is 6.08 Å². The van der Waals surface area contributed by atoms with Gasteiger partial charge in [-0.25, -0.2) is 0 Å². The van der Waals surface area contributed by atoms with Gasteiger partial charge in [0.2, 0.25) is 0 Å². The molecule has 0 heterocycles. The number of phenolic OH excluding ortho intramolecular Hbond substituents is 1. The normalized spacial score (nSPS) is 15.7. The van der Waals surface area contributed by atoms with E-state index in [1.54, 1.807) is 36.4 Å². The van der Waals surface area contributed by atoms with Crippen molar-refractivity contribution in [1.82, 2.24) is 0 Å². The monoisotopic (exact) mass is 199 g/mol. The van der Waals surface area contributed by atoms with Gasteiger partial charge in [0.1, 0.15) is 23.5 Å². The molecule has 0 aliphatic heterocycles. The first-order valence-electron chi connectivity index (χ1n) is 4.71. The van der Waals surface area contributed by atoms with Crippen molar-refractivity contribution in [1.29, 1.82) is 0 Å². The van der Waals surface area contributed by atoms with E-state index in [-0.39, 0.29) is 5.75 Å². The van der Waals surface area contributed by atoms with Crippen molar-refractivity contribution < 1.29 is 10.2 Å². The third-order valence-corrected chi connectivity index (χ3v) is 2.26. The molecule has 1 aromatic carbocycles. The molecule has 1 aliphatic rings. The van der Waals surface area contributed by atoms with Crippen LogP contribution in [0.5, 0.6) is 5.75 Å². The Labute approximate surface area is 88.5 Å². The highest BCUT2D eigenvalue weighted by atomic mass is 16.3. The van der Waals surface area contributed by atoms with Gasteiger partial charge in [-0.1, -0.05) is 18.2 Å². The minimum absolute atomic E-state index is 0.0993. The number of aromatic hydroxyl groups is 1. The zero-order chi connectivity index (χ0) is 10.7. The van der Waals surface area contributed by atoms with Crippen molar-refractivity contribution in [3.8, 4) is 5.75 Å². The second kappa shape index (κ2) is 4.09. The molecule has 2 N–H and O–H groups in total. The molecule has 15 heavy (non-hydrogen) atoms. The Balaban J connectivity index is 2.32. The van der Waals surface area contributed by atoms with Gasteiger partial charge in [0.05, 0.1) is 6.08 Å². The maximum Gasteiger partial charge on any atom is 0.149 e. The quantitative estimate of drug-likeness (QED) is 0.717. The maximum absolute atomic E-state index is 9.98. The van der Waals surface area contributed by atoms with Gasteiger partial charge in [-0.2, -0.15) is 0 Å². The summed E-state index contributed by atoms with van der Waals surface area (Å²) in [5.41, 5.74) is 1.15. The molecule has 2 rings (SSSR count). The second-order valence-corrected chi connectivity index (χ2v) is 3.28. The highest BCUT2D eigenvalue weighted by Gasteiger charge is 2.20. The molecule has 0 spiro atoms. The third-order valence-electron chi connectivity index (χ3n) is 2.26. The molecule has 1 atom stereocenters. The Hall–Kier alpha value is -1.89. The van der Waals surface area contributed by atoms with Gasteiger partial charge in [0, 0.05) is 23.8 Å². The van der Waals surface area contributed by atoms with Crippen LogP contribution in [0.4, 0.5) is 0 Å². The Kier molecular flexibility index (Phi) is 2.64. The highest BCUT2D eigenvalue weighted by molar-refractivity contribution is 5.41. The number of hydrogen-bond donors (Lipinski definition) is 2. The summed E-state index contributed by atoms with van der Waals surface area (Å²) in [7, 11) is 0. The lowest BCUT2D eigenvalue weighted by molar-refractivity contribution is 0.214. The van der Waals surface area contributed by atoms with Gasteiger partial charge in [-0.05, 0) is 6.07 Å². The van der Waals surface area contributed by atoms with E-state index in [1.807, 2.05) is 12.2 Å². The van der Waals surface area contributed by atoms with E-state index >= 15 is 0 Å². The molecule has 0 radical (unpaired) electrons. The zero-order valence-electron chi connectivity index (χ0n) is 8.09. The van der Waals surface area contributed by atoms with Crippen LogP contribution >= 0.6 is 0 Å². The van der Waals surface area contributed by atoms with Crippen molar-refractivity contribution in [2.45, 2.75) is 6.10 Å². The predicted molar refractivity (Wildman–Crippen MR) is 58.1 cm³/mol. The number of phenols is 1. The number of rotatable bonds is 2. The Morgan fingerprint density at radius 3 is 2.60 bits per heavy atom. The average Bonchev–Trinajstić information content (AvgIpc) is 2.30. The van der Waals surface area contributed by atoms with Crippen molar-refractivity contribution >= 4 is 0 Å². The minimum atomic E-state index is -0.826. The SMILES string of the molecule is Oc1ccccc1C(O)C1=CC=CC=[C+]1. The number of hydrogen-bond acceptors (Lipinski definition) is 2. The molecule has 0 aromatic heterocycles. The number of aliphatic hydroxyl groups is 1. The van der Waals surface area contributed by atoms with Crippen molar-refractivity contribution in [2.75, 3.05) is 0 Å². The van der Waals surface area contributed by atoms with E-state index in [0.717, 1.165) is 0 Å². The highest BCUT2D eigenvalue weighted by Crippen LogP contribution is 2.29. The van der Waals surface area contributed by atoms with Crippen LogP contribution in [0.25, 0.3) is 0 Å². The molecule has 1 aromatic rings. The van der Waals surface area contributed by atoms with E-state index in [0.29, 0.717) is 11.1 Å². The Bertz CT molecular complexity index is 442. The summed E-state index contributed by atoms with van der Waals surface area (Å²) in [6.45, 7) is 0. The van der Waals surface area contributed by atoms with Gasteiger partial charge < -0.3 is 10.2 Å². The molecule has 2 heteroatoms. The molecule has 0 saturated carbocycles. The molecule has 0 fully saturated rings. The first kappa shape index (κ1) is 9.66. The molecule has 0 saturated heterocycles. The lowest BCUT2D eigenvalue weighted by atomic mass is 9.98. The average molecular weight is 199 g/mol.